The van der Waals surface area contributed by atoms with E-state index >= 15 is 0 Å². The average Bonchev–Trinajstić information content (AvgIpc) is 2.64. The first-order valence-corrected chi connectivity index (χ1v) is 7.74. The molecule has 2 rings (SSSR count). The maximum atomic E-state index is 12.7. The minimum Gasteiger partial charge on any atom is -0.394 e. The molecule has 2 heterocycles. The molecule has 0 bridgehead atoms. The Morgan fingerprint density at radius 1 is 1.47 bits per heavy atom. The molecule has 1 aromatic heterocycles. The van der Waals surface area contributed by atoms with E-state index in [-0.39, 0.29) is 18.6 Å². The molecule has 1 N–H and O–H groups in total. The molecule has 1 aliphatic heterocycles. The van der Waals surface area contributed by atoms with Crippen LogP contribution in [0.25, 0.3) is 0 Å². The third-order valence-electron chi connectivity index (χ3n) is 3.77. The molecule has 19 heavy (non-hydrogen) atoms. The highest BCUT2D eigenvalue weighted by atomic mass is 79.9. The Kier molecular flexibility index (Phi) is 5.05. The third kappa shape index (κ3) is 3.20. The van der Waals surface area contributed by atoms with Gasteiger partial charge in [0.2, 0.25) is 0 Å². The van der Waals surface area contributed by atoms with Crippen molar-refractivity contribution in [3.05, 3.63) is 22.4 Å². The van der Waals surface area contributed by atoms with Gasteiger partial charge in [-0.25, -0.2) is 0 Å². The summed E-state index contributed by atoms with van der Waals surface area (Å²) in [5.74, 6) is 0.0356. The van der Waals surface area contributed by atoms with Crippen LogP contribution in [0.3, 0.4) is 0 Å². The van der Waals surface area contributed by atoms with Crippen molar-refractivity contribution < 1.29 is 9.90 Å². The van der Waals surface area contributed by atoms with Crippen LogP contribution in [-0.4, -0.2) is 39.7 Å². The number of halogens is 1. The number of carbonyl (C=O) groups is 1. The highest BCUT2D eigenvalue weighted by Gasteiger charge is 2.27. The van der Waals surface area contributed by atoms with E-state index in [1.807, 2.05) is 28.7 Å². The van der Waals surface area contributed by atoms with E-state index in [0.29, 0.717) is 5.69 Å². The lowest BCUT2D eigenvalue weighted by molar-refractivity contribution is 0.0589. The summed E-state index contributed by atoms with van der Waals surface area (Å²) < 4.78 is 2.87. The van der Waals surface area contributed by atoms with Gasteiger partial charge in [0, 0.05) is 23.8 Å². The lowest BCUT2D eigenvalue weighted by Crippen LogP contribution is -2.42. The summed E-state index contributed by atoms with van der Waals surface area (Å²) in [6.45, 7) is 3.59. The number of nitrogens with zero attached hydrogens (tertiary/aromatic N) is 2. The Morgan fingerprint density at radius 3 is 2.95 bits per heavy atom. The van der Waals surface area contributed by atoms with Crippen molar-refractivity contribution in [3.63, 3.8) is 0 Å². The molecule has 0 saturated carbocycles. The molecule has 0 aliphatic carbocycles. The second-order valence-electron chi connectivity index (χ2n) is 5.01. The molecule has 0 spiro atoms. The van der Waals surface area contributed by atoms with Crippen LogP contribution >= 0.6 is 15.9 Å². The number of aryl methyl sites for hydroxylation is 1. The quantitative estimate of drug-likeness (QED) is 0.927. The van der Waals surface area contributed by atoms with E-state index in [9.17, 15) is 9.90 Å². The van der Waals surface area contributed by atoms with E-state index in [4.69, 9.17) is 0 Å². The summed E-state index contributed by atoms with van der Waals surface area (Å²) in [6.07, 6.45) is 6.08. The first-order chi connectivity index (χ1) is 9.17. The van der Waals surface area contributed by atoms with Crippen molar-refractivity contribution in [2.45, 2.75) is 45.2 Å². The Balaban J connectivity index is 2.24. The van der Waals surface area contributed by atoms with E-state index in [2.05, 4.69) is 15.9 Å². The maximum Gasteiger partial charge on any atom is 0.270 e. The Morgan fingerprint density at radius 2 is 2.26 bits per heavy atom. The van der Waals surface area contributed by atoms with Gasteiger partial charge in [0.05, 0.1) is 12.6 Å². The van der Waals surface area contributed by atoms with Gasteiger partial charge in [-0.1, -0.05) is 12.8 Å². The number of hydrogen-bond donors (Lipinski definition) is 1. The van der Waals surface area contributed by atoms with Gasteiger partial charge in [-0.05, 0) is 41.8 Å². The third-order valence-corrected chi connectivity index (χ3v) is 4.21. The van der Waals surface area contributed by atoms with Gasteiger partial charge in [-0.3, -0.25) is 4.79 Å². The zero-order valence-corrected chi connectivity index (χ0v) is 12.9. The molecule has 1 aromatic rings. The fourth-order valence-corrected chi connectivity index (χ4v) is 3.16. The number of carbonyl (C=O) groups excluding carboxylic acids is 1. The minimum atomic E-state index is -0.0334. The van der Waals surface area contributed by atoms with Crippen LogP contribution < -0.4 is 0 Å². The van der Waals surface area contributed by atoms with Crippen LogP contribution in [0.15, 0.2) is 16.7 Å². The van der Waals surface area contributed by atoms with Crippen LogP contribution in [0.4, 0.5) is 0 Å². The number of rotatable bonds is 3. The number of aromatic nitrogens is 1. The van der Waals surface area contributed by atoms with Crippen molar-refractivity contribution in [1.29, 1.82) is 0 Å². The predicted octanol–water partition coefficient (Wildman–Crippen LogP) is 2.65. The van der Waals surface area contributed by atoms with Crippen LogP contribution in [0, 0.1) is 0 Å². The van der Waals surface area contributed by atoms with Crippen LogP contribution in [0.5, 0.6) is 0 Å². The molecule has 5 heteroatoms. The molecule has 1 aliphatic rings. The first kappa shape index (κ1) is 14.6. The zero-order chi connectivity index (χ0) is 13.8. The van der Waals surface area contributed by atoms with Gasteiger partial charge < -0.3 is 14.6 Å². The predicted molar refractivity (Wildman–Crippen MR) is 78.2 cm³/mol. The summed E-state index contributed by atoms with van der Waals surface area (Å²) >= 11 is 3.42. The summed E-state index contributed by atoms with van der Waals surface area (Å²) in [5, 5.41) is 9.50. The van der Waals surface area contributed by atoms with E-state index < -0.39 is 0 Å². The van der Waals surface area contributed by atoms with Gasteiger partial charge >= 0.3 is 0 Å². The number of likely N-dealkylation sites (tertiary alicyclic amines) is 1. The summed E-state index contributed by atoms with van der Waals surface area (Å²) in [6, 6.07) is 1.83. The number of aliphatic hydroxyl groups is 1. The zero-order valence-electron chi connectivity index (χ0n) is 11.3. The molecule has 0 radical (unpaired) electrons. The molecular weight excluding hydrogens is 308 g/mol. The van der Waals surface area contributed by atoms with E-state index in [0.717, 1.165) is 43.2 Å². The van der Waals surface area contributed by atoms with Crippen LogP contribution in [0.2, 0.25) is 0 Å². The molecule has 0 aromatic carbocycles. The Bertz CT molecular complexity index is 445. The smallest absolute Gasteiger partial charge is 0.270 e. The molecule has 1 atom stereocenters. The van der Waals surface area contributed by atoms with Crippen molar-refractivity contribution >= 4 is 21.8 Å². The molecule has 106 valence electrons. The number of amides is 1. The van der Waals surface area contributed by atoms with Crippen molar-refractivity contribution in [2.75, 3.05) is 13.2 Å². The largest absolute Gasteiger partial charge is 0.394 e. The topological polar surface area (TPSA) is 45.5 Å². The molecule has 1 unspecified atom stereocenters. The van der Waals surface area contributed by atoms with Crippen molar-refractivity contribution in [3.8, 4) is 0 Å². The summed E-state index contributed by atoms with van der Waals surface area (Å²) in [7, 11) is 0. The fraction of sp³-hybridized carbons (Fsp3) is 0.643. The number of hydrogen-bond acceptors (Lipinski definition) is 2. The highest BCUT2D eigenvalue weighted by molar-refractivity contribution is 9.10. The number of aliphatic hydroxyl groups excluding tert-OH is 1. The van der Waals surface area contributed by atoms with Gasteiger partial charge in [-0.2, -0.15) is 0 Å². The van der Waals surface area contributed by atoms with Gasteiger partial charge in [0.15, 0.2) is 0 Å². The second-order valence-corrected chi connectivity index (χ2v) is 5.93. The summed E-state index contributed by atoms with van der Waals surface area (Å²) in [5.41, 5.74) is 0.703. The fourth-order valence-electron chi connectivity index (χ4n) is 2.70. The average molecular weight is 329 g/mol. The first-order valence-electron chi connectivity index (χ1n) is 6.95. The molecule has 4 nitrogen and oxygen atoms in total. The van der Waals surface area contributed by atoms with Gasteiger partial charge in [0.1, 0.15) is 5.69 Å². The van der Waals surface area contributed by atoms with E-state index in [1.54, 1.807) is 0 Å². The van der Waals surface area contributed by atoms with Gasteiger partial charge in [-0.15, -0.1) is 0 Å². The minimum absolute atomic E-state index is 0.0334. The maximum absolute atomic E-state index is 12.7. The molecule has 1 fully saturated rings. The highest BCUT2D eigenvalue weighted by Crippen LogP contribution is 2.22. The van der Waals surface area contributed by atoms with E-state index in [1.165, 1.54) is 0 Å². The summed E-state index contributed by atoms with van der Waals surface area (Å²) in [4.78, 5) is 14.5. The standard InChI is InChI=1S/C14H21BrN2O2/c1-2-16-9-11(15)8-13(16)14(19)17-7-5-3-4-6-12(17)10-18/h8-9,12,18H,2-7,10H2,1H3. The Hall–Kier alpha value is -0.810. The normalized spacial score (nSPS) is 20.4. The SMILES string of the molecule is CCn1cc(Br)cc1C(=O)N1CCCCCC1CO. The monoisotopic (exact) mass is 328 g/mol. The molecule has 1 amide bonds. The van der Waals surface area contributed by atoms with Crippen LogP contribution in [0.1, 0.15) is 43.1 Å². The lowest BCUT2D eigenvalue weighted by atomic mass is 10.1. The van der Waals surface area contributed by atoms with Gasteiger partial charge in [0.25, 0.3) is 5.91 Å². The second kappa shape index (κ2) is 6.57. The molecule has 1 saturated heterocycles. The van der Waals surface area contributed by atoms with Crippen molar-refractivity contribution in [1.82, 2.24) is 9.47 Å². The van der Waals surface area contributed by atoms with Crippen LogP contribution in [-0.2, 0) is 6.54 Å². The Labute approximate surface area is 122 Å². The van der Waals surface area contributed by atoms with Crippen molar-refractivity contribution in [2.24, 2.45) is 0 Å². The molecular formula is C14H21BrN2O2. The lowest BCUT2D eigenvalue weighted by Gasteiger charge is -2.29.